The Morgan fingerprint density at radius 2 is 1.56 bits per heavy atom. The van der Waals surface area contributed by atoms with E-state index in [0.29, 0.717) is 30.4 Å². The van der Waals surface area contributed by atoms with Crippen LogP contribution in [-0.4, -0.2) is 38.9 Å². The van der Waals surface area contributed by atoms with E-state index in [1.54, 1.807) is 33.4 Å². The molecule has 1 aliphatic carbocycles. The SMILES string of the molecule is CCCn1c(=O)n(CCC(=O)Nc2ccc(C(=O)N(C)C3CCCCC3)cc2)c2ccccc21. The summed E-state index contributed by atoms with van der Waals surface area (Å²) in [5, 5.41) is 2.88. The molecule has 7 heteroatoms. The zero-order valence-corrected chi connectivity index (χ0v) is 20.1. The molecule has 1 fully saturated rings. The van der Waals surface area contributed by atoms with E-state index in [9.17, 15) is 14.4 Å². The highest BCUT2D eigenvalue weighted by atomic mass is 16.2. The smallest absolute Gasteiger partial charge is 0.329 e. The van der Waals surface area contributed by atoms with E-state index in [4.69, 9.17) is 0 Å². The first-order chi connectivity index (χ1) is 16.5. The third-order valence-electron chi connectivity index (χ3n) is 6.79. The van der Waals surface area contributed by atoms with Crippen molar-refractivity contribution < 1.29 is 9.59 Å². The number of amides is 2. The highest BCUT2D eigenvalue weighted by molar-refractivity contribution is 5.96. The van der Waals surface area contributed by atoms with E-state index < -0.39 is 0 Å². The Morgan fingerprint density at radius 1 is 0.941 bits per heavy atom. The lowest BCUT2D eigenvalue weighted by atomic mass is 9.94. The predicted octanol–water partition coefficient (Wildman–Crippen LogP) is 4.65. The van der Waals surface area contributed by atoms with Crippen LogP contribution >= 0.6 is 0 Å². The van der Waals surface area contributed by atoms with Crippen LogP contribution in [0.3, 0.4) is 0 Å². The number of hydrogen-bond acceptors (Lipinski definition) is 3. The highest BCUT2D eigenvalue weighted by Crippen LogP contribution is 2.23. The number of carbonyl (C=O) groups excluding carboxylic acids is 2. The molecule has 0 atom stereocenters. The molecule has 1 aliphatic rings. The third kappa shape index (κ3) is 5.08. The topological polar surface area (TPSA) is 76.3 Å². The Balaban J connectivity index is 1.37. The number of fused-ring (bicyclic) bond motifs is 1. The molecule has 1 aromatic heterocycles. The largest absolute Gasteiger partial charge is 0.339 e. The van der Waals surface area contributed by atoms with Gasteiger partial charge < -0.3 is 10.2 Å². The van der Waals surface area contributed by atoms with Crippen molar-refractivity contribution in [2.24, 2.45) is 0 Å². The number of imidazole rings is 1. The van der Waals surface area contributed by atoms with Gasteiger partial charge in [0.25, 0.3) is 5.91 Å². The molecule has 0 saturated heterocycles. The fourth-order valence-corrected chi connectivity index (χ4v) is 4.90. The molecule has 2 amide bonds. The average molecular weight is 463 g/mol. The summed E-state index contributed by atoms with van der Waals surface area (Å²) in [7, 11) is 1.88. The number of hydrogen-bond donors (Lipinski definition) is 1. The molecule has 0 aliphatic heterocycles. The van der Waals surface area contributed by atoms with Gasteiger partial charge in [-0.1, -0.05) is 38.3 Å². The summed E-state index contributed by atoms with van der Waals surface area (Å²) in [4.78, 5) is 40.2. The molecule has 7 nitrogen and oxygen atoms in total. The monoisotopic (exact) mass is 462 g/mol. The first-order valence-electron chi connectivity index (χ1n) is 12.3. The maximum Gasteiger partial charge on any atom is 0.329 e. The second-order valence-electron chi connectivity index (χ2n) is 9.16. The van der Waals surface area contributed by atoms with Crippen LogP contribution in [0.5, 0.6) is 0 Å². The Labute approximate surface area is 200 Å². The first-order valence-corrected chi connectivity index (χ1v) is 12.3. The maximum atomic E-state index is 12.9. The summed E-state index contributed by atoms with van der Waals surface area (Å²) < 4.78 is 3.45. The number of carbonyl (C=O) groups is 2. The molecule has 4 rings (SSSR count). The van der Waals surface area contributed by atoms with Gasteiger partial charge in [0.1, 0.15) is 0 Å². The standard InChI is InChI=1S/C27H34N4O3/c1-3-18-30-23-11-7-8-12-24(23)31(27(30)34)19-17-25(32)28-21-15-13-20(14-16-21)26(33)29(2)22-9-5-4-6-10-22/h7-8,11-16,22H,3-6,9-10,17-19H2,1-2H3,(H,28,32). The number of aryl methyl sites for hydroxylation is 2. The van der Waals surface area contributed by atoms with Gasteiger partial charge in [0.15, 0.2) is 0 Å². The summed E-state index contributed by atoms with van der Waals surface area (Å²) in [5.41, 5.74) is 2.93. The predicted molar refractivity (Wildman–Crippen MR) is 135 cm³/mol. The Morgan fingerprint density at radius 3 is 2.18 bits per heavy atom. The van der Waals surface area contributed by atoms with Crippen LogP contribution in [0.2, 0.25) is 0 Å². The molecule has 180 valence electrons. The van der Waals surface area contributed by atoms with Gasteiger partial charge in [0, 0.05) is 43.9 Å². The Kier molecular flexibility index (Phi) is 7.50. The van der Waals surface area contributed by atoms with Gasteiger partial charge in [0.2, 0.25) is 5.91 Å². The number of nitrogens with zero attached hydrogens (tertiary/aromatic N) is 3. The molecule has 0 unspecified atom stereocenters. The lowest BCUT2D eigenvalue weighted by molar-refractivity contribution is -0.116. The molecule has 0 radical (unpaired) electrons. The summed E-state index contributed by atoms with van der Waals surface area (Å²) in [6.45, 7) is 3.00. The van der Waals surface area contributed by atoms with Crippen LogP contribution in [0.15, 0.2) is 53.3 Å². The van der Waals surface area contributed by atoms with Crippen molar-refractivity contribution in [3.63, 3.8) is 0 Å². The number of aromatic nitrogens is 2. The number of rotatable bonds is 8. The molecule has 3 aromatic rings. The van der Waals surface area contributed by atoms with E-state index in [2.05, 4.69) is 5.32 Å². The number of anilines is 1. The van der Waals surface area contributed by atoms with Crippen LogP contribution in [0.25, 0.3) is 11.0 Å². The van der Waals surface area contributed by atoms with Crippen LogP contribution in [0.4, 0.5) is 5.69 Å². The van der Waals surface area contributed by atoms with Crippen molar-refractivity contribution in [2.45, 2.75) is 71.0 Å². The van der Waals surface area contributed by atoms with Crippen molar-refractivity contribution in [3.05, 3.63) is 64.6 Å². The Hall–Kier alpha value is -3.35. The lowest BCUT2D eigenvalue weighted by Crippen LogP contribution is -2.38. The second-order valence-corrected chi connectivity index (χ2v) is 9.16. The fourth-order valence-electron chi connectivity index (χ4n) is 4.90. The third-order valence-corrected chi connectivity index (χ3v) is 6.79. The number of para-hydroxylation sites is 2. The molecule has 0 spiro atoms. The van der Waals surface area contributed by atoms with Crippen LogP contribution in [-0.2, 0) is 17.9 Å². The van der Waals surface area contributed by atoms with Crippen LogP contribution in [0.1, 0.15) is 62.2 Å². The molecule has 2 aromatic carbocycles. The summed E-state index contributed by atoms with van der Waals surface area (Å²) in [5.74, 6) is -0.148. The molecular weight excluding hydrogens is 428 g/mol. The molecule has 1 heterocycles. The van der Waals surface area contributed by atoms with Gasteiger partial charge in [-0.15, -0.1) is 0 Å². The molecule has 34 heavy (non-hydrogen) atoms. The van der Waals surface area contributed by atoms with Gasteiger partial charge in [-0.2, -0.15) is 0 Å². The minimum atomic E-state index is -0.169. The zero-order valence-electron chi connectivity index (χ0n) is 20.1. The van der Waals surface area contributed by atoms with Crippen molar-refractivity contribution in [2.75, 3.05) is 12.4 Å². The minimum absolute atomic E-state index is 0.0209. The van der Waals surface area contributed by atoms with E-state index in [1.807, 2.05) is 43.1 Å². The Bertz CT molecular complexity index is 1200. The van der Waals surface area contributed by atoms with Gasteiger partial charge in [-0.3, -0.25) is 18.7 Å². The van der Waals surface area contributed by atoms with Gasteiger partial charge in [-0.05, 0) is 55.7 Å². The highest BCUT2D eigenvalue weighted by Gasteiger charge is 2.23. The lowest BCUT2D eigenvalue weighted by Gasteiger charge is -2.31. The zero-order chi connectivity index (χ0) is 24.1. The van der Waals surface area contributed by atoms with Crippen LogP contribution < -0.4 is 11.0 Å². The second kappa shape index (κ2) is 10.7. The van der Waals surface area contributed by atoms with Crippen molar-refractivity contribution in [1.82, 2.24) is 14.0 Å². The number of benzene rings is 2. The molecular formula is C27H34N4O3. The summed E-state index contributed by atoms with van der Waals surface area (Å²) >= 11 is 0. The van der Waals surface area contributed by atoms with Gasteiger partial charge in [0.05, 0.1) is 11.0 Å². The van der Waals surface area contributed by atoms with E-state index in [1.165, 1.54) is 19.3 Å². The number of nitrogens with one attached hydrogen (secondary N) is 1. The van der Waals surface area contributed by atoms with Gasteiger partial charge >= 0.3 is 5.69 Å². The fraction of sp³-hybridized carbons (Fsp3) is 0.444. The van der Waals surface area contributed by atoms with Crippen molar-refractivity contribution >= 4 is 28.5 Å². The van der Waals surface area contributed by atoms with Crippen LogP contribution in [0, 0.1) is 0 Å². The van der Waals surface area contributed by atoms with Crippen molar-refractivity contribution in [3.8, 4) is 0 Å². The average Bonchev–Trinajstić information content (AvgIpc) is 3.13. The first kappa shape index (κ1) is 23.8. The quantitative estimate of drug-likeness (QED) is 0.530. The molecule has 1 N–H and O–H groups in total. The normalized spacial score (nSPS) is 14.3. The van der Waals surface area contributed by atoms with Gasteiger partial charge in [-0.25, -0.2) is 4.79 Å². The van der Waals surface area contributed by atoms with E-state index in [-0.39, 0.29) is 23.9 Å². The maximum absolute atomic E-state index is 12.9. The molecule has 0 bridgehead atoms. The molecule has 1 saturated carbocycles. The van der Waals surface area contributed by atoms with E-state index >= 15 is 0 Å². The van der Waals surface area contributed by atoms with Crippen molar-refractivity contribution in [1.29, 1.82) is 0 Å². The summed E-state index contributed by atoms with van der Waals surface area (Å²) in [6, 6.07) is 15.1. The van der Waals surface area contributed by atoms with E-state index in [0.717, 1.165) is 30.3 Å². The summed E-state index contributed by atoms with van der Waals surface area (Å²) in [6.07, 6.45) is 6.79. The minimum Gasteiger partial charge on any atom is -0.339 e.